The van der Waals surface area contributed by atoms with E-state index < -0.39 is 0 Å². The van der Waals surface area contributed by atoms with Crippen molar-refractivity contribution in [2.24, 2.45) is 0 Å². The molecule has 0 fully saturated rings. The molecule has 0 saturated heterocycles. The molecular weight excluding hydrogens is 174 g/mol. The normalized spacial score (nSPS) is 10.2. The van der Waals surface area contributed by atoms with Gasteiger partial charge in [-0.05, 0) is 12.8 Å². The van der Waals surface area contributed by atoms with Crippen LogP contribution in [0.25, 0.3) is 0 Å². The van der Waals surface area contributed by atoms with Crippen LogP contribution >= 0.6 is 0 Å². The van der Waals surface area contributed by atoms with E-state index in [1.54, 1.807) is 0 Å². The molecule has 1 amide bonds. The molecule has 0 radical (unpaired) electrons. The lowest BCUT2D eigenvalue weighted by atomic mass is 10.2. The van der Waals surface area contributed by atoms with Gasteiger partial charge in [-0.1, -0.05) is 40.0 Å². The van der Waals surface area contributed by atoms with Gasteiger partial charge in [-0.25, -0.2) is 0 Å². The summed E-state index contributed by atoms with van der Waals surface area (Å²) in [5, 5.41) is 0. The first kappa shape index (κ1) is 13.5. The number of carbonyl (C=O) groups excluding carboxylic acids is 1. The SMILES string of the molecule is CCCCCCN(CCC)C(=O)CC. The number of carbonyl (C=O) groups is 1. The fourth-order valence-corrected chi connectivity index (χ4v) is 1.58. The number of amides is 1. The largest absolute Gasteiger partial charge is 0.343 e. The number of hydrogen-bond acceptors (Lipinski definition) is 1. The molecule has 0 aliphatic heterocycles. The standard InChI is InChI=1S/C12H25NO/c1-4-7-8-9-11-13(10-5-2)12(14)6-3/h4-11H2,1-3H3. The Hall–Kier alpha value is -0.530. The molecule has 0 N–H and O–H groups in total. The van der Waals surface area contributed by atoms with Gasteiger partial charge < -0.3 is 4.90 Å². The summed E-state index contributed by atoms with van der Waals surface area (Å²) in [4.78, 5) is 13.5. The van der Waals surface area contributed by atoms with Crippen molar-refractivity contribution < 1.29 is 4.79 Å². The first-order chi connectivity index (χ1) is 6.76. The summed E-state index contributed by atoms with van der Waals surface area (Å²) in [5.41, 5.74) is 0. The van der Waals surface area contributed by atoms with Gasteiger partial charge in [0.25, 0.3) is 0 Å². The summed E-state index contributed by atoms with van der Waals surface area (Å²) in [6, 6.07) is 0. The van der Waals surface area contributed by atoms with Crippen molar-refractivity contribution in [1.29, 1.82) is 0 Å². The maximum atomic E-state index is 11.5. The van der Waals surface area contributed by atoms with Crippen LogP contribution in [0.1, 0.15) is 59.3 Å². The second-order valence-electron chi connectivity index (χ2n) is 3.80. The van der Waals surface area contributed by atoms with Crippen LogP contribution in [0.4, 0.5) is 0 Å². The fraction of sp³-hybridized carbons (Fsp3) is 0.917. The fourth-order valence-electron chi connectivity index (χ4n) is 1.58. The first-order valence-corrected chi connectivity index (χ1v) is 6.04. The molecule has 84 valence electrons. The monoisotopic (exact) mass is 199 g/mol. The molecule has 0 aliphatic carbocycles. The Labute approximate surface area is 88.7 Å². The molecule has 0 saturated carbocycles. The van der Waals surface area contributed by atoms with E-state index in [1.807, 2.05) is 11.8 Å². The minimum Gasteiger partial charge on any atom is -0.343 e. The van der Waals surface area contributed by atoms with E-state index in [0.29, 0.717) is 12.3 Å². The van der Waals surface area contributed by atoms with Gasteiger partial charge in [0.1, 0.15) is 0 Å². The Morgan fingerprint density at radius 2 is 1.64 bits per heavy atom. The zero-order valence-corrected chi connectivity index (χ0v) is 10.0. The van der Waals surface area contributed by atoms with E-state index in [1.165, 1.54) is 25.7 Å². The average molecular weight is 199 g/mol. The third-order valence-electron chi connectivity index (χ3n) is 2.43. The van der Waals surface area contributed by atoms with Crippen LogP contribution in [-0.4, -0.2) is 23.9 Å². The first-order valence-electron chi connectivity index (χ1n) is 6.04. The minimum atomic E-state index is 0.309. The molecule has 2 heteroatoms. The van der Waals surface area contributed by atoms with Crippen LogP contribution in [0.3, 0.4) is 0 Å². The summed E-state index contributed by atoms with van der Waals surface area (Å²) in [5.74, 6) is 0.309. The van der Waals surface area contributed by atoms with E-state index in [-0.39, 0.29) is 0 Å². The predicted octanol–water partition coefficient (Wildman–Crippen LogP) is 3.22. The van der Waals surface area contributed by atoms with Crippen LogP contribution in [0, 0.1) is 0 Å². The Morgan fingerprint density at radius 1 is 0.929 bits per heavy atom. The van der Waals surface area contributed by atoms with Gasteiger partial charge in [0, 0.05) is 19.5 Å². The maximum absolute atomic E-state index is 11.5. The van der Waals surface area contributed by atoms with Crippen LogP contribution in [0.2, 0.25) is 0 Å². The van der Waals surface area contributed by atoms with Crippen LogP contribution in [-0.2, 0) is 4.79 Å². The average Bonchev–Trinajstić information content (AvgIpc) is 2.21. The number of hydrogen-bond donors (Lipinski definition) is 0. The molecule has 0 atom stereocenters. The van der Waals surface area contributed by atoms with E-state index in [2.05, 4.69) is 13.8 Å². The molecule has 0 unspecified atom stereocenters. The summed E-state index contributed by atoms with van der Waals surface area (Å²) in [6.45, 7) is 8.17. The van der Waals surface area contributed by atoms with Crippen molar-refractivity contribution in [3.63, 3.8) is 0 Å². The molecule has 0 rings (SSSR count). The summed E-state index contributed by atoms with van der Waals surface area (Å²) in [6.07, 6.45) is 6.69. The van der Waals surface area contributed by atoms with Gasteiger partial charge >= 0.3 is 0 Å². The maximum Gasteiger partial charge on any atom is 0.222 e. The van der Waals surface area contributed by atoms with Crippen molar-refractivity contribution in [2.75, 3.05) is 13.1 Å². The topological polar surface area (TPSA) is 20.3 Å². The molecular formula is C12H25NO. The Kier molecular flexibility index (Phi) is 8.70. The third-order valence-corrected chi connectivity index (χ3v) is 2.43. The Morgan fingerprint density at radius 3 is 2.14 bits per heavy atom. The second kappa shape index (κ2) is 9.04. The zero-order valence-electron chi connectivity index (χ0n) is 10.0. The molecule has 0 aromatic carbocycles. The van der Waals surface area contributed by atoms with Crippen molar-refractivity contribution in [3.05, 3.63) is 0 Å². The van der Waals surface area contributed by atoms with Gasteiger partial charge in [-0.2, -0.15) is 0 Å². The molecule has 0 heterocycles. The second-order valence-corrected chi connectivity index (χ2v) is 3.80. The zero-order chi connectivity index (χ0) is 10.8. The quantitative estimate of drug-likeness (QED) is 0.550. The predicted molar refractivity (Wildman–Crippen MR) is 61.3 cm³/mol. The van der Waals surface area contributed by atoms with E-state index in [4.69, 9.17) is 0 Å². The molecule has 2 nitrogen and oxygen atoms in total. The summed E-state index contributed by atoms with van der Waals surface area (Å²) < 4.78 is 0. The van der Waals surface area contributed by atoms with Gasteiger partial charge in [-0.3, -0.25) is 4.79 Å². The molecule has 0 aromatic heterocycles. The lowest BCUT2D eigenvalue weighted by Crippen LogP contribution is -2.32. The lowest BCUT2D eigenvalue weighted by molar-refractivity contribution is -0.131. The van der Waals surface area contributed by atoms with Crippen LogP contribution < -0.4 is 0 Å². The van der Waals surface area contributed by atoms with Crippen molar-refractivity contribution >= 4 is 5.91 Å². The van der Waals surface area contributed by atoms with Crippen molar-refractivity contribution in [1.82, 2.24) is 4.90 Å². The minimum absolute atomic E-state index is 0.309. The molecule has 14 heavy (non-hydrogen) atoms. The molecule has 0 aromatic rings. The van der Waals surface area contributed by atoms with E-state index in [0.717, 1.165) is 19.5 Å². The van der Waals surface area contributed by atoms with Crippen LogP contribution in [0.5, 0.6) is 0 Å². The molecule has 0 spiro atoms. The molecule has 0 aliphatic rings. The highest BCUT2D eigenvalue weighted by Crippen LogP contribution is 2.03. The number of rotatable bonds is 8. The highest BCUT2D eigenvalue weighted by molar-refractivity contribution is 5.75. The Bertz CT molecular complexity index is 145. The van der Waals surface area contributed by atoms with Gasteiger partial charge in [0.2, 0.25) is 5.91 Å². The third kappa shape index (κ3) is 6.01. The van der Waals surface area contributed by atoms with E-state index in [9.17, 15) is 4.79 Å². The van der Waals surface area contributed by atoms with Gasteiger partial charge in [-0.15, -0.1) is 0 Å². The van der Waals surface area contributed by atoms with E-state index >= 15 is 0 Å². The Balaban J connectivity index is 3.67. The van der Waals surface area contributed by atoms with Gasteiger partial charge in [0.15, 0.2) is 0 Å². The number of nitrogens with zero attached hydrogens (tertiary/aromatic N) is 1. The smallest absolute Gasteiger partial charge is 0.222 e. The summed E-state index contributed by atoms with van der Waals surface area (Å²) >= 11 is 0. The van der Waals surface area contributed by atoms with Gasteiger partial charge in [0.05, 0.1) is 0 Å². The van der Waals surface area contributed by atoms with Crippen molar-refractivity contribution in [3.8, 4) is 0 Å². The van der Waals surface area contributed by atoms with Crippen LogP contribution in [0.15, 0.2) is 0 Å². The highest BCUT2D eigenvalue weighted by Gasteiger charge is 2.08. The summed E-state index contributed by atoms with van der Waals surface area (Å²) in [7, 11) is 0. The van der Waals surface area contributed by atoms with Crippen molar-refractivity contribution in [2.45, 2.75) is 59.3 Å². The number of unbranched alkanes of at least 4 members (excludes halogenated alkanes) is 3. The lowest BCUT2D eigenvalue weighted by Gasteiger charge is -2.21. The highest BCUT2D eigenvalue weighted by atomic mass is 16.2. The molecule has 0 bridgehead atoms.